The van der Waals surface area contributed by atoms with E-state index in [0.29, 0.717) is 11.6 Å². The van der Waals surface area contributed by atoms with Gasteiger partial charge in [-0.05, 0) is 31.4 Å². The van der Waals surface area contributed by atoms with Crippen LogP contribution in [0.2, 0.25) is 0 Å². The molecule has 2 heterocycles. The van der Waals surface area contributed by atoms with Gasteiger partial charge in [-0.3, -0.25) is 4.79 Å². The molecule has 0 aliphatic carbocycles. The van der Waals surface area contributed by atoms with E-state index >= 15 is 0 Å². The van der Waals surface area contributed by atoms with Crippen molar-refractivity contribution >= 4 is 32.4 Å². The zero-order valence-electron chi connectivity index (χ0n) is 16.8. The first-order valence-corrected chi connectivity index (χ1v) is 12.3. The zero-order valence-corrected chi connectivity index (χ0v) is 18.5. The molecule has 1 atom stereocenters. The molecule has 0 saturated carbocycles. The van der Waals surface area contributed by atoms with Crippen molar-refractivity contribution < 1.29 is 13.2 Å². The number of carbonyl (C=O) groups excluding carboxylic acids is 1. The van der Waals surface area contributed by atoms with Gasteiger partial charge in [0.05, 0.1) is 11.4 Å². The molecule has 156 valence electrons. The molecule has 0 radical (unpaired) electrons. The predicted molar refractivity (Wildman–Crippen MR) is 120 cm³/mol. The number of amides is 1. The van der Waals surface area contributed by atoms with Crippen LogP contribution in [-0.2, 0) is 27.8 Å². The van der Waals surface area contributed by atoms with Crippen LogP contribution in [0.25, 0.3) is 11.3 Å². The second-order valence-electron chi connectivity index (χ2n) is 7.33. The SMILES string of the molecule is CCS(=O)(=O)N1Cc2ccccc2C[C@@H]1C(=O)Nc1nc(-c2ccc(C)cc2)cs1. The second-order valence-corrected chi connectivity index (χ2v) is 10.4. The van der Waals surface area contributed by atoms with Crippen LogP contribution in [0.4, 0.5) is 5.13 Å². The van der Waals surface area contributed by atoms with Crippen LogP contribution in [0.1, 0.15) is 23.6 Å². The molecule has 1 aliphatic heterocycles. The fourth-order valence-corrected chi connectivity index (χ4v) is 5.51. The Kier molecular flexibility index (Phi) is 5.73. The van der Waals surface area contributed by atoms with Crippen molar-refractivity contribution in [2.75, 3.05) is 11.1 Å². The molecular weight excluding hydrogens is 418 g/mol. The minimum absolute atomic E-state index is 0.0478. The van der Waals surface area contributed by atoms with Crippen molar-refractivity contribution in [3.8, 4) is 11.3 Å². The second kappa shape index (κ2) is 8.29. The summed E-state index contributed by atoms with van der Waals surface area (Å²) in [6.07, 6.45) is 0.345. The summed E-state index contributed by atoms with van der Waals surface area (Å²) in [5.74, 6) is -0.403. The smallest absolute Gasteiger partial charge is 0.244 e. The third-order valence-corrected chi connectivity index (χ3v) is 7.90. The lowest BCUT2D eigenvalue weighted by atomic mass is 9.95. The van der Waals surface area contributed by atoms with E-state index in [9.17, 15) is 13.2 Å². The number of hydrogen-bond acceptors (Lipinski definition) is 5. The van der Waals surface area contributed by atoms with E-state index in [1.165, 1.54) is 15.6 Å². The van der Waals surface area contributed by atoms with E-state index in [4.69, 9.17) is 0 Å². The molecule has 0 bridgehead atoms. The molecule has 6 nitrogen and oxygen atoms in total. The van der Waals surface area contributed by atoms with Crippen LogP contribution >= 0.6 is 11.3 Å². The average Bonchev–Trinajstić information content (AvgIpc) is 3.21. The van der Waals surface area contributed by atoms with Crippen molar-refractivity contribution in [2.45, 2.75) is 32.9 Å². The minimum atomic E-state index is -3.54. The maximum Gasteiger partial charge on any atom is 0.244 e. The number of aromatic nitrogens is 1. The zero-order chi connectivity index (χ0) is 21.3. The summed E-state index contributed by atoms with van der Waals surface area (Å²) in [5.41, 5.74) is 4.85. The van der Waals surface area contributed by atoms with Crippen LogP contribution in [0.15, 0.2) is 53.9 Å². The summed E-state index contributed by atoms with van der Waals surface area (Å²) in [7, 11) is -3.54. The molecule has 2 aromatic carbocycles. The lowest BCUT2D eigenvalue weighted by molar-refractivity contribution is -0.120. The fraction of sp³-hybridized carbons (Fsp3) is 0.273. The molecule has 1 N–H and O–H groups in total. The predicted octanol–water partition coefficient (Wildman–Crippen LogP) is 3.83. The third kappa shape index (κ3) is 4.16. The normalized spacial score (nSPS) is 16.8. The molecule has 3 aromatic rings. The highest BCUT2D eigenvalue weighted by Crippen LogP contribution is 2.29. The molecule has 1 aliphatic rings. The Morgan fingerprint density at radius 2 is 1.87 bits per heavy atom. The summed E-state index contributed by atoms with van der Waals surface area (Å²) >= 11 is 1.33. The Morgan fingerprint density at radius 1 is 1.17 bits per heavy atom. The first-order valence-electron chi connectivity index (χ1n) is 9.77. The lowest BCUT2D eigenvalue weighted by Crippen LogP contribution is -2.51. The van der Waals surface area contributed by atoms with Gasteiger partial charge in [-0.2, -0.15) is 4.31 Å². The van der Waals surface area contributed by atoms with Crippen molar-refractivity contribution in [1.82, 2.24) is 9.29 Å². The summed E-state index contributed by atoms with van der Waals surface area (Å²) in [4.78, 5) is 17.6. The third-order valence-electron chi connectivity index (χ3n) is 5.31. The van der Waals surface area contributed by atoms with E-state index in [2.05, 4.69) is 10.3 Å². The molecule has 0 fully saturated rings. The average molecular weight is 442 g/mol. The Morgan fingerprint density at radius 3 is 2.57 bits per heavy atom. The highest BCUT2D eigenvalue weighted by Gasteiger charge is 2.38. The van der Waals surface area contributed by atoms with Gasteiger partial charge in [0, 0.05) is 17.5 Å². The Hall–Kier alpha value is -2.55. The molecule has 0 spiro atoms. The molecule has 8 heteroatoms. The standard InChI is InChI=1S/C22H23N3O3S2/c1-3-30(27,28)25-13-18-7-5-4-6-17(18)12-20(25)21(26)24-22-23-19(14-29-22)16-10-8-15(2)9-11-16/h4-11,14,20H,3,12-13H2,1-2H3,(H,23,24,26)/t20-/m1/s1. The number of nitrogens with one attached hydrogen (secondary N) is 1. The van der Waals surface area contributed by atoms with Crippen LogP contribution in [0.5, 0.6) is 0 Å². The maximum absolute atomic E-state index is 13.1. The van der Waals surface area contributed by atoms with Gasteiger partial charge < -0.3 is 5.32 Å². The van der Waals surface area contributed by atoms with Gasteiger partial charge in [-0.1, -0.05) is 54.1 Å². The fourth-order valence-electron chi connectivity index (χ4n) is 3.56. The highest BCUT2D eigenvalue weighted by molar-refractivity contribution is 7.89. The summed E-state index contributed by atoms with van der Waals surface area (Å²) in [6.45, 7) is 3.82. The van der Waals surface area contributed by atoms with Gasteiger partial charge >= 0.3 is 0 Å². The number of rotatable bonds is 5. The van der Waals surface area contributed by atoms with Gasteiger partial charge in [0.25, 0.3) is 0 Å². The number of hydrogen-bond donors (Lipinski definition) is 1. The van der Waals surface area contributed by atoms with Crippen molar-refractivity contribution in [2.24, 2.45) is 0 Å². The lowest BCUT2D eigenvalue weighted by Gasteiger charge is -2.34. The summed E-state index contributed by atoms with van der Waals surface area (Å²) in [6, 6.07) is 14.9. The number of nitrogens with zero attached hydrogens (tertiary/aromatic N) is 2. The van der Waals surface area contributed by atoms with Crippen LogP contribution in [0.3, 0.4) is 0 Å². The van der Waals surface area contributed by atoms with E-state index in [1.807, 2.05) is 60.8 Å². The van der Waals surface area contributed by atoms with Crippen LogP contribution < -0.4 is 5.32 Å². The number of sulfonamides is 1. The number of thiazole rings is 1. The summed E-state index contributed by atoms with van der Waals surface area (Å²) in [5, 5.41) is 5.18. The van der Waals surface area contributed by atoms with Crippen LogP contribution in [-0.4, -0.2) is 35.4 Å². The van der Waals surface area contributed by atoms with Gasteiger partial charge in [-0.25, -0.2) is 13.4 Å². The molecule has 1 amide bonds. The molecule has 30 heavy (non-hydrogen) atoms. The quantitative estimate of drug-likeness (QED) is 0.653. The first kappa shape index (κ1) is 20.7. The van der Waals surface area contributed by atoms with E-state index in [1.54, 1.807) is 6.92 Å². The number of anilines is 1. The monoisotopic (exact) mass is 441 g/mol. The topological polar surface area (TPSA) is 79.4 Å². The molecule has 0 saturated heterocycles. The van der Waals surface area contributed by atoms with Crippen molar-refractivity contribution in [3.63, 3.8) is 0 Å². The number of aryl methyl sites for hydroxylation is 1. The van der Waals surface area contributed by atoms with Gasteiger partial charge in [-0.15, -0.1) is 11.3 Å². The number of fused-ring (bicyclic) bond motifs is 1. The Balaban J connectivity index is 1.57. The van der Waals surface area contributed by atoms with E-state index in [-0.39, 0.29) is 18.2 Å². The van der Waals surface area contributed by atoms with E-state index < -0.39 is 16.1 Å². The molecule has 0 unspecified atom stereocenters. The number of carbonyl (C=O) groups is 1. The first-order chi connectivity index (χ1) is 14.4. The van der Waals surface area contributed by atoms with Gasteiger partial charge in [0.2, 0.25) is 15.9 Å². The van der Waals surface area contributed by atoms with Crippen LogP contribution in [0, 0.1) is 6.92 Å². The molecule has 1 aromatic heterocycles. The highest BCUT2D eigenvalue weighted by atomic mass is 32.2. The molecular formula is C22H23N3O3S2. The van der Waals surface area contributed by atoms with Gasteiger partial charge in [0.1, 0.15) is 6.04 Å². The van der Waals surface area contributed by atoms with Crippen molar-refractivity contribution in [1.29, 1.82) is 0 Å². The Labute approximate surface area is 180 Å². The minimum Gasteiger partial charge on any atom is -0.301 e. The van der Waals surface area contributed by atoms with Crippen molar-refractivity contribution in [3.05, 3.63) is 70.6 Å². The maximum atomic E-state index is 13.1. The summed E-state index contributed by atoms with van der Waals surface area (Å²) < 4.78 is 26.7. The Bertz CT molecular complexity index is 1170. The molecule has 4 rings (SSSR count). The number of benzene rings is 2. The van der Waals surface area contributed by atoms with Gasteiger partial charge in [0.15, 0.2) is 5.13 Å². The largest absolute Gasteiger partial charge is 0.301 e. The van der Waals surface area contributed by atoms with E-state index in [0.717, 1.165) is 27.9 Å².